The van der Waals surface area contributed by atoms with Gasteiger partial charge in [0.1, 0.15) is 5.82 Å². The van der Waals surface area contributed by atoms with Crippen LogP contribution in [0.5, 0.6) is 0 Å². The van der Waals surface area contributed by atoms with E-state index in [0.717, 1.165) is 17.9 Å². The molecule has 0 amide bonds. The molecular formula is C16H27N3. The second-order valence-corrected chi connectivity index (χ2v) is 6.17. The Kier molecular flexibility index (Phi) is 4.81. The van der Waals surface area contributed by atoms with Crippen molar-refractivity contribution in [3.05, 3.63) is 23.4 Å². The lowest BCUT2D eigenvalue weighted by molar-refractivity contribution is 0.530. The van der Waals surface area contributed by atoms with Crippen LogP contribution in [0.1, 0.15) is 50.7 Å². The molecule has 1 heterocycles. The number of pyridine rings is 1. The highest BCUT2D eigenvalue weighted by Crippen LogP contribution is 2.29. The summed E-state index contributed by atoms with van der Waals surface area (Å²) in [6.07, 6.45) is 7.28. The lowest BCUT2D eigenvalue weighted by Crippen LogP contribution is -2.37. The summed E-state index contributed by atoms with van der Waals surface area (Å²) in [6.45, 7) is 8.39. The van der Waals surface area contributed by atoms with Crippen LogP contribution in [0.25, 0.3) is 0 Å². The molecule has 0 aliphatic heterocycles. The Morgan fingerprint density at radius 2 is 2.05 bits per heavy atom. The molecule has 0 aromatic carbocycles. The minimum Gasteiger partial charge on any atom is -0.353 e. The Hall–Kier alpha value is -1.09. The molecule has 1 aliphatic rings. The zero-order chi connectivity index (χ0) is 13.8. The van der Waals surface area contributed by atoms with Crippen LogP contribution in [0.15, 0.2) is 12.3 Å². The van der Waals surface area contributed by atoms with Gasteiger partial charge in [-0.1, -0.05) is 26.7 Å². The average Bonchev–Trinajstić information content (AvgIpc) is 2.89. The van der Waals surface area contributed by atoms with Crippen molar-refractivity contribution in [2.45, 2.75) is 59.0 Å². The second kappa shape index (κ2) is 6.38. The predicted molar refractivity (Wildman–Crippen MR) is 81.3 cm³/mol. The summed E-state index contributed by atoms with van der Waals surface area (Å²) in [5.41, 5.74) is 8.08. The molecule has 0 bridgehead atoms. The number of rotatable bonds is 5. The summed E-state index contributed by atoms with van der Waals surface area (Å²) < 4.78 is 0. The van der Waals surface area contributed by atoms with Crippen LogP contribution in [0, 0.1) is 12.8 Å². The summed E-state index contributed by atoms with van der Waals surface area (Å²) in [5.74, 6) is 1.83. The SMILES string of the molecule is Cc1cc(CN)cnc1N(CC(C)C)C1CCCC1. The Bertz CT molecular complexity index is 408. The molecule has 1 fully saturated rings. The Morgan fingerprint density at radius 1 is 1.37 bits per heavy atom. The molecule has 19 heavy (non-hydrogen) atoms. The zero-order valence-electron chi connectivity index (χ0n) is 12.5. The standard InChI is InChI=1S/C16H27N3/c1-12(2)11-19(15-6-4-5-7-15)16-13(3)8-14(9-17)10-18-16/h8,10,12,15H,4-7,9,11,17H2,1-3H3. The first kappa shape index (κ1) is 14.3. The van der Waals surface area contributed by atoms with Crippen LogP contribution in [0.3, 0.4) is 0 Å². The van der Waals surface area contributed by atoms with Crippen LogP contribution >= 0.6 is 0 Å². The molecule has 0 atom stereocenters. The van der Waals surface area contributed by atoms with Crippen molar-refractivity contribution >= 4 is 5.82 Å². The first-order valence-electron chi connectivity index (χ1n) is 7.54. The quantitative estimate of drug-likeness (QED) is 0.884. The summed E-state index contributed by atoms with van der Waals surface area (Å²) >= 11 is 0. The number of aryl methyl sites for hydroxylation is 1. The van der Waals surface area contributed by atoms with E-state index >= 15 is 0 Å². The van der Waals surface area contributed by atoms with Gasteiger partial charge >= 0.3 is 0 Å². The number of hydrogen-bond acceptors (Lipinski definition) is 3. The van der Waals surface area contributed by atoms with Gasteiger partial charge < -0.3 is 10.6 Å². The van der Waals surface area contributed by atoms with Gasteiger partial charge in [0.05, 0.1) is 0 Å². The van der Waals surface area contributed by atoms with Crippen molar-refractivity contribution in [1.29, 1.82) is 0 Å². The van der Waals surface area contributed by atoms with Gasteiger partial charge in [-0.25, -0.2) is 4.98 Å². The lowest BCUT2D eigenvalue weighted by Gasteiger charge is -2.33. The van der Waals surface area contributed by atoms with Gasteiger partial charge in [-0.05, 0) is 42.9 Å². The lowest BCUT2D eigenvalue weighted by atomic mass is 10.1. The molecule has 3 nitrogen and oxygen atoms in total. The number of nitrogens with zero attached hydrogens (tertiary/aromatic N) is 2. The molecule has 106 valence electrons. The molecule has 1 aromatic heterocycles. The third-order valence-corrected chi connectivity index (χ3v) is 3.94. The third-order valence-electron chi connectivity index (χ3n) is 3.94. The van der Waals surface area contributed by atoms with Crippen molar-refractivity contribution in [1.82, 2.24) is 4.98 Å². The molecule has 0 unspecified atom stereocenters. The normalized spacial score (nSPS) is 16.3. The van der Waals surface area contributed by atoms with E-state index in [1.807, 2.05) is 6.20 Å². The summed E-state index contributed by atoms with van der Waals surface area (Å²) in [5, 5.41) is 0. The molecule has 0 spiro atoms. The molecule has 1 saturated carbocycles. The molecule has 0 saturated heterocycles. The molecule has 2 N–H and O–H groups in total. The maximum atomic E-state index is 5.69. The van der Waals surface area contributed by atoms with E-state index in [2.05, 4.69) is 31.7 Å². The predicted octanol–water partition coefficient (Wildman–Crippen LogP) is 3.25. The summed E-state index contributed by atoms with van der Waals surface area (Å²) in [6, 6.07) is 2.86. The highest BCUT2D eigenvalue weighted by molar-refractivity contribution is 5.48. The first-order valence-corrected chi connectivity index (χ1v) is 7.54. The van der Waals surface area contributed by atoms with Gasteiger partial charge in [0, 0.05) is 25.3 Å². The van der Waals surface area contributed by atoms with E-state index in [0.29, 0.717) is 18.5 Å². The molecular weight excluding hydrogens is 234 g/mol. The first-order chi connectivity index (χ1) is 9.11. The zero-order valence-corrected chi connectivity index (χ0v) is 12.5. The Balaban J connectivity index is 2.26. The molecule has 1 aromatic rings. The van der Waals surface area contributed by atoms with E-state index in [1.54, 1.807) is 0 Å². The van der Waals surface area contributed by atoms with Gasteiger partial charge in [-0.3, -0.25) is 0 Å². The van der Waals surface area contributed by atoms with Crippen LogP contribution in [0.4, 0.5) is 5.82 Å². The minimum absolute atomic E-state index is 0.571. The number of nitrogens with two attached hydrogens (primary N) is 1. The largest absolute Gasteiger partial charge is 0.353 e. The number of hydrogen-bond donors (Lipinski definition) is 1. The number of anilines is 1. The molecule has 2 rings (SSSR count). The van der Waals surface area contributed by atoms with E-state index in [9.17, 15) is 0 Å². The fourth-order valence-corrected chi connectivity index (χ4v) is 3.06. The topological polar surface area (TPSA) is 42.1 Å². The van der Waals surface area contributed by atoms with Crippen molar-refractivity contribution in [3.8, 4) is 0 Å². The van der Waals surface area contributed by atoms with Crippen molar-refractivity contribution < 1.29 is 0 Å². The van der Waals surface area contributed by atoms with Crippen molar-refractivity contribution in [2.24, 2.45) is 11.7 Å². The van der Waals surface area contributed by atoms with Crippen LogP contribution in [-0.4, -0.2) is 17.6 Å². The van der Waals surface area contributed by atoms with Gasteiger partial charge in [-0.15, -0.1) is 0 Å². The van der Waals surface area contributed by atoms with Crippen molar-refractivity contribution in [3.63, 3.8) is 0 Å². The van der Waals surface area contributed by atoms with E-state index in [4.69, 9.17) is 10.7 Å². The monoisotopic (exact) mass is 261 g/mol. The van der Waals surface area contributed by atoms with E-state index in [1.165, 1.54) is 31.2 Å². The summed E-state index contributed by atoms with van der Waals surface area (Å²) in [4.78, 5) is 7.23. The molecule has 3 heteroatoms. The highest BCUT2D eigenvalue weighted by Gasteiger charge is 2.25. The van der Waals surface area contributed by atoms with Crippen molar-refractivity contribution in [2.75, 3.05) is 11.4 Å². The third kappa shape index (κ3) is 3.47. The van der Waals surface area contributed by atoms with Crippen LogP contribution in [-0.2, 0) is 6.54 Å². The Morgan fingerprint density at radius 3 is 2.58 bits per heavy atom. The maximum Gasteiger partial charge on any atom is 0.131 e. The Labute approximate surface area is 117 Å². The molecule has 1 aliphatic carbocycles. The average molecular weight is 261 g/mol. The van der Waals surface area contributed by atoms with Crippen LogP contribution in [0.2, 0.25) is 0 Å². The number of aromatic nitrogens is 1. The highest BCUT2D eigenvalue weighted by atomic mass is 15.2. The van der Waals surface area contributed by atoms with E-state index < -0.39 is 0 Å². The fourth-order valence-electron chi connectivity index (χ4n) is 3.06. The van der Waals surface area contributed by atoms with Gasteiger partial charge in [0.25, 0.3) is 0 Å². The minimum atomic E-state index is 0.571. The molecule has 0 radical (unpaired) electrons. The fraction of sp³-hybridized carbons (Fsp3) is 0.688. The van der Waals surface area contributed by atoms with Gasteiger partial charge in [-0.2, -0.15) is 0 Å². The maximum absolute atomic E-state index is 5.69. The smallest absolute Gasteiger partial charge is 0.131 e. The van der Waals surface area contributed by atoms with E-state index in [-0.39, 0.29) is 0 Å². The van der Waals surface area contributed by atoms with Gasteiger partial charge in [0.15, 0.2) is 0 Å². The van der Waals surface area contributed by atoms with Gasteiger partial charge in [0.2, 0.25) is 0 Å². The summed E-state index contributed by atoms with van der Waals surface area (Å²) in [7, 11) is 0. The van der Waals surface area contributed by atoms with Crippen LogP contribution < -0.4 is 10.6 Å². The second-order valence-electron chi connectivity index (χ2n) is 6.17.